The Morgan fingerprint density at radius 3 is 2.75 bits per heavy atom. The monoisotopic (exact) mass is 322 g/mol. The van der Waals surface area contributed by atoms with Crippen LogP contribution in [0.1, 0.15) is 37.0 Å². The lowest BCUT2D eigenvalue weighted by Gasteiger charge is -2.19. The van der Waals surface area contributed by atoms with Crippen LogP contribution in [0.3, 0.4) is 0 Å². The first kappa shape index (κ1) is 15.1. The molecule has 2 heterocycles. The van der Waals surface area contributed by atoms with Crippen molar-refractivity contribution in [3.8, 4) is 5.69 Å². The van der Waals surface area contributed by atoms with Crippen molar-refractivity contribution < 1.29 is 0 Å². The summed E-state index contributed by atoms with van der Waals surface area (Å²) in [5.74, 6) is 1.84. The van der Waals surface area contributed by atoms with Crippen LogP contribution in [0, 0.1) is 0 Å². The number of para-hydroxylation sites is 1. The van der Waals surface area contributed by atoms with Crippen LogP contribution in [0.2, 0.25) is 0 Å². The van der Waals surface area contributed by atoms with E-state index in [1.165, 1.54) is 18.4 Å². The predicted molar refractivity (Wildman–Crippen MR) is 91.6 cm³/mol. The third-order valence-corrected chi connectivity index (χ3v) is 4.35. The number of rotatable bonds is 7. The van der Waals surface area contributed by atoms with Crippen molar-refractivity contribution in [3.05, 3.63) is 59.9 Å². The smallest absolute Gasteiger partial charge is 0.150 e. The SMILES string of the molecule is CCc1n[nH]c(CN(Cc2cnn(-c3ccccc3)c2)C2CC2)n1. The van der Waals surface area contributed by atoms with Gasteiger partial charge in [0.2, 0.25) is 0 Å². The second-order valence-electron chi connectivity index (χ2n) is 6.32. The van der Waals surface area contributed by atoms with E-state index in [1.807, 2.05) is 29.1 Å². The highest BCUT2D eigenvalue weighted by atomic mass is 15.3. The van der Waals surface area contributed by atoms with E-state index in [4.69, 9.17) is 0 Å². The van der Waals surface area contributed by atoms with Crippen molar-refractivity contribution >= 4 is 0 Å². The summed E-state index contributed by atoms with van der Waals surface area (Å²) in [6.07, 6.45) is 7.47. The Morgan fingerprint density at radius 1 is 1.21 bits per heavy atom. The minimum absolute atomic E-state index is 0.653. The van der Waals surface area contributed by atoms with Crippen molar-refractivity contribution in [1.29, 1.82) is 0 Å². The Kier molecular flexibility index (Phi) is 4.13. The van der Waals surface area contributed by atoms with E-state index in [-0.39, 0.29) is 0 Å². The van der Waals surface area contributed by atoms with Gasteiger partial charge in [-0.2, -0.15) is 10.2 Å². The molecule has 0 spiro atoms. The average molecular weight is 322 g/mol. The van der Waals surface area contributed by atoms with E-state index < -0.39 is 0 Å². The number of hydrogen-bond donors (Lipinski definition) is 1. The topological polar surface area (TPSA) is 62.6 Å². The molecule has 1 aliphatic rings. The van der Waals surface area contributed by atoms with Gasteiger partial charge in [0, 0.05) is 30.8 Å². The zero-order valence-corrected chi connectivity index (χ0v) is 13.9. The molecule has 0 aliphatic heterocycles. The van der Waals surface area contributed by atoms with Crippen LogP contribution in [0.4, 0.5) is 0 Å². The fourth-order valence-corrected chi connectivity index (χ4v) is 2.91. The molecule has 1 aliphatic carbocycles. The highest BCUT2D eigenvalue weighted by Crippen LogP contribution is 2.29. The van der Waals surface area contributed by atoms with Crippen molar-refractivity contribution in [2.45, 2.75) is 45.3 Å². The maximum Gasteiger partial charge on any atom is 0.150 e. The molecule has 1 fully saturated rings. The van der Waals surface area contributed by atoms with Gasteiger partial charge in [-0.05, 0) is 25.0 Å². The average Bonchev–Trinajstić information content (AvgIpc) is 3.19. The number of hydrogen-bond acceptors (Lipinski definition) is 4. The minimum Gasteiger partial charge on any atom is -0.289 e. The Balaban J connectivity index is 1.46. The first-order valence-electron chi connectivity index (χ1n) is 8.55. The Morgan fingerprint density at radius 2 is 2.04 bits per heavy atom. The maximum atomic E-state index is 4.54. The number of benzene rings is 1. The van der Waals surface area contributed by atoms with Gasteiger partial charge in [-0.25, -0.2) is 9.67 Å². The molecule has 0 radical (unpaired) electrons. The zero-order valence-electron chi connectivity index (χ0n) is 13.9. The number of H-pyrrole nitrogens is 1. The van der Waals surface area contributed by atoms with Crippen LogP contribution in [0.25, 0.3) is 5.69 Å². The molecular formula is C18H22N6. The summed E-state index contributed by atoms with van der Waals surface area (Å²) in [6.45, 7) is 3.78. The molecule has 2 aromatic heterocycles. The van der Waals surface area contributed by atoms with Gasteiger partial charge >= 0.3 is 0 Å². The predicted octanol–water partition coefficient (Wildman–Crippen LogP) is 2.72. The van der Waals surface area contributed by atoms with E-state index in [0.29, 0.717) is 6.04 Å². The van der Waals surface area contributed by atoms with Crippen molar-refractivity contribution in [2.75, 3.05) is 0 Å². The Bertz CT molecular complexity index is 787. The summed E-state index contributed by atoms with van der Waals surface area (Å²) in [5, 5.41) is 11.8. The van der Waals surface area contributed by atoms with Gasteiger partial charge in [-0.1, -0.05) is 25.1 Å². The summed E-state index contributed by atoms with van der Waals surface area (Å²) in [5.41, 5.74) is 2.31. The normalized spacial score (nSPS) is 14.4. The largest absolute Gasteiger partial charge is 0.289 e. The molecule has 6 nitrogen and oxygen atoms in total. The molecule has 6 heteroatoms. The Hall–Kier alpha value is -2.47. The fraction of sp³-hybridized carbons (Fsp3) is 0.389. The standard InChI is InChI=1S/C18H22N6/c1-2-17-20-18(22-21-17)13-23(15-8-9-15)11-14-10-19-24(12-14)16-6-4-3-5-7-16/h3-7,10,12,15H,2,8-9,11,13H2,1H3,(H,20,21,22). The summed E-state index contributed by atoms with van der Waals surface area (Å²) in [6, 6.07) is 10.9. The van der Waals surface area contributed by atoms with Crippen LogP contribution in [-0.4, -0.2) is 35.9 Å². The van der Waals surface area contributed by atoms with E-state index in [0.717, 1.165) is 36.8 Å². The molecular weight excluding hydrogens is 300 g/mol. The summed E-state index contributed by atoms with van der Waals surface area (Å²) < 4.78 is 1.93. The summed E-state index contributed by atoms with van der Waals surface area (Å²) in [7, 11) is 0. The molecule has 0 amide bonds. The first-order valence-corrected chi connectivity index (χ1v) is 8.55. The van der Waals surface area contributed by atoms with Crippen molar-refractivity contribution in [3.63, 3.8) is 0 Å². The van der Waals surface area contributed by atoms with Gasteiger partial charge < -0.3 is 0 Å². The molecule has 0 saturated heterocycles. The van der Waals surface area contributed by atoms with Gasteiger partial charge in [0.05, 0.1) is 18.4 Å². The molecule has 3 aromatic rings. The van der Waals surface area contributed by atoms with Crippen LogP contribution in [-0.2, 0) is 19.5 Å². The van der Waals surface area contributed by atoms with Gasteiger partial charge in [0.1, 0.15) is 11.6 Å². The molecule has 1 saturated carbocycles. The second kappa shape index (κ2) is 6.57. The third-order valence-electron chi connectivity index (χ3n) is 4.35. The second-order valence-corrected chi connectivity index (χ2v) is 6.32. The molecule has 124 valence electrons. The number of aryl methyl sites for hydroxylation is 1. The van der Waals surface area contributed by atoms with E-state index in [9.17, 15) is 0 Å². The fourth-order valence-electron chi connectivity index (χ4n) is 2.91. The van der Waals surface area contributed by atoms with Crippen LogP contribution >= 0.6 is 0 Å². The van der Waals surface area contributed by atoms with E-state index >= 15 is 0 Å². The zero-order chi connectivity index (χ0) is 16.4. The number of nitrogens with zero attached hydrogens (tertiary/aromatic N) is 5. The van der Waals surface area contributed by atoms with Gasteiger partial charge in [0.25, 0.3) is 0 Å². The quantitative estimate of drug-likeness (QED) is 0.726. The summed E-state index contributed by atoms with van der Waals surface area (Å²) >= 11 is 0. The van der Waals surface area contributed by atoms with E-state index in [2.05, 4.69) is 50.4 Å². The highest BCUT2D eigenvalue weighted by Gasteiger charge is 2.30. The highest BCUT2D eigenvalue weighted by molar-refractivity contribution is 5.30. The number of aromatic nitrogens is 5. The molecule has 0 unspecified atom stereocenters. The van der Waals surface area contributed by atoms with Crippen molar-refractivity contribution in [1.82, 2.24) is 29.9 Å². The van der Waals surface area contributed by atoms with Gasteiger partial charge in [-0.15, -0.1) is 0 Å². The van der Waals surface area contributed by atoms with Crippen molar-refractivity contribution in [2.24, 2.45) is 0 Å². The third kappa shape index (κ3) is 3.38. The van der Waals surface area contributed by atoms with Crippen LogP contribution in [0.5, 0.6) is 0 Å². The number of nitrogens with one attached hydrogen (secondary N) is 1. The molecule has 1 N–H and O–H groups in total. The van der Waals surface area contributed by atoms with E-state index in [1.54, 1.807) is 0 Å². The van der Waals surface area contributed by atoms with Crippen LogP contribution in [0.15, 0.2) is 42.7 Å². The summed E-state index contributed by atoms with van der Waals surface area (Å²) in [4.78, 5) is 7.01. The molecule has 0 atom stereocenters. The molecule has 24 heavy (non-hydrogen) atoms. The van der Waals surface area contributed by atoms with Gasteiger partial charge in [-0.3, -0.25) is 10.00 Å². The molecule has 4 rings (SSSR count). The number of aromatic amines is 1. The lowest BCUT2D eigenvalue weighted by atomic mass is 10.3. The first-order chi connectivity index (χ1) is 11.8. The lowest BCUT2D eigenvalue weighted by Crippen LogP contribution is -2.25. The maximum absolute atomic E-state index is 4.54. The molecule has 1 aromatic carbocycles. The molecule has 0 bridgehead atoms. The minimum atomic E-state index is 0.653. The Labute approximate surface area is 141 Å². The van der Waals surface area contributed by atoms with Gasteiger partial charge in [0.15, 0.2) is 0 Å². The lowest BCUT2D eigenvalue weighted by molar-refractivity contribution is 0.239. The van der Waals surface area contributed by atoms with Crippen LogP contribution < -0.4 is 0 Å².